The van der Waals surface area contributed by atoms with Crippen molar-refractivity contribution in [3.8, 4) is 0 Å². The summed E-state index contributed by atoms with van der Waals surface area (Å²) in [5.74, 6) is 0.955. The highest BCUT2D eigenvalue weighted by molar-refractivity contribution is 6.29. The van der Waals surface area contributed by atoms with Crippen LogP contribution in [0.5, 0.6) is 0 Å². The van der Waals surface area contributed by atoms with Gasteiger partial charge in [-0.15, -0.1) is 0 Å². The van der Waals surface area contributed by atoms with E-state index in [4.69, 9.17) is 20.8 Å². The molecular weight excluding hydrogens is 226 g/mol. The first-order valence-corrected chi connectivity index (χ1v) is 6.00. The van der Waals surface area contributed by atoms with Gasteiger partial charge in [-0.1, -0.05) is 6.92 Å². The summed E-state index contributed by atoms with van der Waals surface area (Å²) in [5, 5.41) is 3.85. The second-order valence-electron chi connectivity index (χ2n) is 3.78. The Bertz CT molecular complexity index is 373. The smallest absolute Gasteiger partial charge is 0.198 e. The zero-order chi connectivity index (χ0) is 11.4. The van der Waals surface area contributed by atoms with Crippen LogP contribution in [0.3, 0.4) is 0 Å². The lowest BCUT2D eigenvalue weighted by molar-refractivity contribution is 0.215. The molecule has 2 rings (SSSR count). The third kappa shape index (κ3) is 2.42. The van der Waals surface area contributed by atoms with Crippen molar-refractivity contribution in [1.29, 1.82) is 0 Å². The first kappa shape index (κ1) is 11.6. The Morgan fingerprint density at radius 1 is 1.56 bits per heavy atom. The molecule has 3 nitrogen and oxygen atoms in total. The van der Waals surface area contributed by atoms with Gasteiger partial charge in [0, 0.05) is 12.0 Å². The van der Waals surface area contributed by atoms with Gasteiger partial charge in [0.25, 0.3) is 0 Å². The zero-order valence-corrected chi connectivity index (χ0v) is 10.1. The molecule has 1 aliphatic rings. The third-order valence-corrected chi connectivity index (χ3v) is 2.88. The number of ether oxygens (including phenoxy) is 1. The number of nitrogens with one attached hydrogen (secondary N) is 1. The van der Waals surface area contributed by atoms with Crippen molar-refractivity contribution < 1.29 is 9.15 Å². The molecule has 1 aromatic heterocycles. The molecule has 88 valence electrons. The van der Waals surface area contributed by atoms with Crippen LogP contribution in [-0.2, 0) is 4.74 Å². The maximum Gasteiger partial charge on any atom is 0.198 e. The van der Waals surface area contributed by atoms with E-state index in [1.54, 1.807) is 6.26 Å². The first-order valence-electron chi connectivity index (χ1n) is 5.62. The lowest BCUT2D eigenvalue weighted by Gasteiger charge is -2.18. The maximum atomic E-state index is 6.00. The first-order chi connectivity index (χ1) is 7.83. The minimum absolute atomic E-state index is 0.0219. The Balaban J connectivity index is 2.17. The molecule has 4 heteroatoms. The predicted octanol–water partition coefficient (Wildman–Crippen LogP) is 3.28. The highest BCUT2D eigenvalue weighted by atomic mass is 35.5. The summed E-state index contributed by atoms with van der Waals surface area (Å²) in [6.45, 7) is 3.81. The van der Waals surface area contributed by atoms with Gasteiger partial charge >= 0.3 is 0 Å². The van der Waals surface area contributed by atoms with Crippen LogP contribution in [0.1, 0.15) is 31.4 Å². The van der Waals surface area contributed by atoms with Gasteiger partial charge in [-0.2, -0.15) is 0 Å². The molecule has 16 heavy (non-hydrogen) atoms. The van der Waals surface area contributed by atoms with E-state index in [2.05, 4.69) is 18.3 Å². The molecule has 0 amide bonds. The van der Waals surface area contributed by atoms with Crippen LogP contribution >= 0.6 is 11.6 Å². The van der Waals surface area contributed by atoms with Crippen molar-refractivity contribution in [2.24, 2.45) is 0 Å². The predicted molar refractivity (Wildman–Crippen MR) is 63.4 cm³/mol. The van der Waals surface area contributed by atoms with Crippen LogP contribution in [0.15, 0.2) is 28.6 Å². The molecule has 0 radical (unpaired) electrons. The minimum atomic E-state index is 0.0219. The van der Waals surface area contributed by atoms with Gasteiger partial charge < -0.3 is 14.5 Å². The monoisotopic (exact) mass is 241 g/mol. The Morgan fingerprint density at radius 2 is 2.44 bits per heavy atom. The lowest BCUT2D eigenvalue weighted by atomic mass is 10.1. The highest BCUT2D eigenvalue weighted by Crippen LogP contribution is 2.31. The summed E-state index contributed by atoms with van der Waals surface area (Å²) >= 11 is 6.00. The number of hydrogen-bond donors (Lipinski definition) is 1. The normalized spacial score (nSPS) is 17.0. The summed E-state index contributed by atoms with van der Waals surface area (Å²) in [6.07, 6.45) is 5.75. The average molecular weight is 242 g/mol. The summed E-state index contributed by atoms with van der Waals surface area (Å²) in [5.41, 5.74) is 0.947. The molecule has 0 fully saturated rings. The van der Waals surface area contributed by atoms with E-state index >= 15 is 0 Å². The lowest BCUT2D eigenvalue weighted by Crippen LogP contribution is -2.24. The summed E-state index contributed by atoms with van der Waals surface area (Å²) in [7, 11) is 0. The fourth-order valence-electron chi connectivity index (χ4n) is 1.80. The Morgan fingerprint density at radius 3 is 3.00 bits per heavy atom. The molecular formula is C12H16ClNO2. The van der Waals surface area contributed by atoms with E-state index in [1.165, 1.54) is 0 Å². The highest BCUT2D eigenvalue weighted by Gasteiger charge is 2.23. The van der Waals surface area contributed by atoms with E-state index in [-0.39, 0.29) is 6.04 Å². The molecule has 1 aliphatic heterocycles. The molecule has 0 aromatic carbocycles. The van der Waals surface area contributed by atoms with E-state index in [0.717, 1.165) is 37.3 Å². The van der Waals surface area contributed by atoms with E-state index in [0.29, 0.717) is 5.22 Å². The average Bonchev–Trinajstić information content (AvgIpc) is 2.91. The molecule has 0 spiro atoms. The van der Waals surface area contributed by atoms with Crippen molar-refractivity contribution in [2.45, 2.75) is 25.8 Å². The number of furan rings is 1. The van der Waals surface area contributed by atoms with Crippen molar-refractivity contribution >= 4 is 11.6 Å². The van der Waals surface area contributed by atoms with Crippen LogP contribution in [0.4, 0.5) is 0 Å². The number of rotatable bonds is 5. The van der Waals surface area contributed by atoms with Gasteiger partial charge in [-0.05, 0) is 36.7 Å². The molecule has 0 saturated heterocycles. The summed E-state index contributed by atoms with van der Waals surface area (Å²) in [6, 6.07) is 1.91. The zero-order valence-electron chi connectivity index (χ0n) is 9.33. The van der Waals surface area contributed by atoms with Crippen LogP contribution in [0.2, 0.25) is 5.22 Å². The van der Waals surface area contributed by atoms with E-state index in [1.807, 2.05) is 6.07 Å². The van der Waals surface area contributed by atoms with E-state index in [9.17, 15) is 0 Å². The number of halogens is 1. The van der Waals surface area contributed by atoms with Gasteiger partial charge in [-0.25, -0.2) is 0 Å². The van der Waals surface area contributed by atoms with Crippen molar-refractivity contribution in [2.75, 3.05) is 13.2 Å². The molecule has 2 heterocycles. The van der Waals surface area contributed by atoms with Gasteiger partial charge in [0.15, 0.2) is 5.22 Å². The topological polar surface area (TPSA) is 34.4 Å². The Labute approximate surface area is 100 Å². The molecule has 0 saturated carbocycles. The van der Waals surface area contributed by atoms with Crippen molar-refractivity contribution in [3.63, 3.8) is 0 Å². The van der Waals surface area contributed by atoms with Gasteiger partial charge in [0.1, 0.15) is 5.76 Å². The third-order valence-electron chi connectivity index (χ3n) is 2.57. The Hall–Kier alpha value is -0.930. The fourth-order valence-corrected chi connectivity index (χ4v) is 2.02. The largest absolute Gasteiger partial charge is 0.496 e. The minimum Gasteiger partial charge on any atom is -0.496 e. The number of hydrogen-bond acceptors (Lipinski definition) is 3. The SMILES string of the molecule is CCCNC(C1=CCCO1)c1ccoc1Cl. The molecule has 0 aliphatic carbocycles. The maximum absolute atomic E-state index is 6.00. The fraction of sp³-hybridized carbons (Fsp3) is 0.500. The molecule has 0 bridgehead atoms. The standard InChI is InChI=1S/C12H16ClNO2/c1-2-6-14-11(10-4-3-7-15-10)9-5-8-16-12(9)13/h4-5,8,11,14H,2-3,6-7H2,1H3. The Kier molecular flexibility index (Phi) is 3.91. The van der Waals surface area contributed by atoms with Gasteiger partial charge in [0.05, 0.1) is 18.9 Å². The molecule has 1 atom stereocenters. The quantitative estimate of drug-likeness (QED) is 0.859. The molecule has 1 N–H and O–H groups in total. The second-order valence-corrected chi connectivity index (χ2v) is 4.12. The van der Waals surface area contributed by atoms with Crippen molar-refractivity contribution in [3.05, 3.63) is 34.9 Å². The van der Waals surface area contributed by atoms with E-state index < -0.39 is 0 Å². The van der Waals surface area contributed by atoms with Crippen LogP contribution < -0.4 is 5.32 Å². The van der Waals surface area contributed by atoms with Crippen LogP contribution in [0.25, 0.3) is 0 Å². The van der Waals surface area contributed by atoms with Crippen molar-refractivity contribution in [1.82, 2.24) is 5.32 Å². The molecule has 1 aromatic rings. The summed E-state index contributed by atoms with van der Waals surface area (Å²) in [4.78, 5) is 0. The summed E-state index contributed by atoms with van der Waals surface area (Å²) < 4.78 is 10.7. The second kappa shape index (κ2) is 5.41. The molecule has 1 unspecified atom stereocenters. The van der Waals surface area contributed by atoms with Gasteiger partial charge in [-0.3, -0.25) is 0 Å². The van der Waals surface area contributed by atoms with Gasteiger partial charge in [0.2, 0.25) is 0 Å². The van der Waals surface area contributed by atoms with Crippen LogP contribution in [-0.4, -0.2) is 13.2 Å². The van der Waals surface area contributed by atoms with Crippen LogP contribution in [0, 0.1) is 0 Å².